The molecule has 0 aliphatic carbocycles. The topological polar surface area (TPSA) is 43.4 Å². The quantitative estimate of drug-likeness (QED) is 0.535. The molecule has 1 aromatic rings. The molecule has 0 saturated heterocycles. The maximum absolute atomic E-state index is 10.9. The van der Waals surface area contributed by atoms with Crippen LogP contribution < -0.4 is 5.11 Å². The van der Waals surface area contributed by atoms with Gasteiger partial charge < -0.3 is 9.90 Å². The summed E-state index contributed by atoms with van der Waals surface area (Å²) in [5.74, 6) is 0. The molecule has 1 aromatic carbocycles. The molecule has 0 aliphatic heterocycles. The van der Waals surface area contributed by atoms with E-state index in [1.165, 1.54) is 5.01 Å². The predicted molar refractivity (Wildman–Crippen MR) is 55.4 cm³/mol. The number of carbonyl (C=O) groups excluding carboxylic acids is 1. The van der Waals surface area contributed by atoms with E-state index in [0.717, 1.165) is 5.56 Å². The molecule has 0 radical (unpaired) electrons. The minimum atomic E-state index is -1.16. The van der Waals surface area contributed by atoms with Crippen LogP contribution in [-0.4, -0.2) is 36.8 Å². The average Bonchev–Trinajstić information content (AvgIpc) is 2.13. The van der Waals surface area contributed by atoms with Gasteiger partial charge in [0.15, 0.2) is 6.09 Å². The van der Waals surface area contributed by atoms with Crippen LogP contribution in [-0.2, 0) is 6.54 Å². The fourth-order valence-corrected chi connectivity index (χ4v) is 1.28. The first-order chi connectivity index (χ1) is 6.91. The molecule has 1 amide bonds. The molecule has 1 rings (SSSR count). The van der Waals surface area contributed by atoms with Crippen molar-refractivity contribution in [3.8, 4) is 0 Å². The second-order valence-corrected chi connectivity index (χ2v) is 4.25. The summed E-state index contributed by atoms with van der Waals surface area (Å²) >= 11 is 0. The molecule has 82 valence electrons. The SMILES string of the molecule is C[N+](C)(C)N(Cc1ccccc1)C(=O)[O-]. The highest BCUT2D eigenvalue weighted by Gasteiger charge is 2.20. The third kappa shape index (κ3) is 3.25. The van der Waals surface area contributed by atoms with Gasteiger partial charge in [-0.05, 0) is 5.56 Å². The predicted octanol–water partition coefficient (Wildman–Crippen LogP) is 0.453. The van der Waals surface area contributed by atoms with E-state index >= 15 is 0 Å². The first kappa shape index (κ1) is 11.5. The molecule has 0 spiro atoms. The molecule has 0 unspecified atom stereocenters. The summed E-state index contributed by atoms with van der Waals surface area (Å²) < 4.78 is 0.206. The Kier molecular flexibility index (Phi) is 3.31. The van der Waals surface area contributed by atoms with Crippen LogP contribution in [0.1, 0.15) is 5.56 Å². The number of quaternary nitrogens is 1. The summed E-state index contributed by atoms with van der Waals surface area (Å²) in [6.45, 7) is 0.340. The number of hydrogen-bond acceptors (Lipinski definition) is 2. The third-order valence-corrected chi connectivity index (χ3v) is 2.11. The Morgan fingerprint density at radius 2 is 1.80 bits per heavy atom. The zero-order valence-electron chi connectivity index (χ0n) is 9.30. The molecular formula is C11H16N2O2. The minimum absolute atomic E-state index is 0.206. The molecule has 0 N–H and O–H groups in total. The van der Waals surface area contributed by atoms with Gasteiger partial charge in [0.2, 0.25) is 0 Å². The Morgan fingerprint density at radius 3 is 2.20 bits per heavy atom. The Balaban J connectivity index is 2.82. The smallest absolute Gasteiger partial charge is 0.189 e. The molecule has 0 heterocycles. The summed E-state index contributed by atoms with van der Waals surface area (Å²) in [6, 6.07) is 9.47. The zero-order chi connectivity index (χ0) is 11.5. The molecule has 0 atom stereocenters. The molecule has 0 saturated carbocycles. The van der Waals surface area contributed by atoms with Crippen LogP contribution in [0.25, 0.3) is 0 Å². The van der Waals surface area contributed by atoms with E-state index in [4.69, 9.17) is 0 Å². The molecule has 4 heteroatoms. The van der Waals surface area contributed by atoms with Gasteiger partial charge in [0, 0.05) is 0 Å². The molecule has 15 heavy (non-hydrogen) atoms. The number of rotatable bonds is 3. The Bertz CT molecular complexity index is 330. The summed E-state index contributed by atoms with van der Waals surface area (Å²) in [4.78, 5) is 10.9. The van der Waals surface area contributed by atoms with Crippen LogP contribution in [0.15, 0.2) is 30.3 Å². The van der Waals surface area contributed by atoms with Gasteiger partial charge in [0.1, 0.15) is 0 Å². The maximum atomic E-state index is 10.9. The van der Waals surface area contributed by atoms with Gasteiger partial charge in [-0.2, -0.15) is 0 Å². The van der Waals surface area contributed by atoms with Crippen LogP contribution >= 0.6 is 0 Å². The van der Waals surface area contributed by atoms with Gasteiger partial charge in [-0.1, -0.05) is 30.3 Å². The van der Waals surface area contributed by atoms with Gasteiger partial charge >= 0.3 is 0 Å². The molecule has 0 aromatic heterocycles. The summed E-state index contributed by atoms with van der Waals surface area (Å²) in [6.07, 6.45) is -1.16. The van der Waals surface area contributed by atoms with E-state index < -0.39 is 6.09 Å². The van der Waals surface area contributed by atoms with Crippen molar-refractivity contribution >= 4 is 6.09 Å². The average molecular weight is 208 g/mol. The van der Waals surface area contributed by atoms with E-state index in [-0.39, 0.29) is 4.59 Å². The van der Waals surface area contributed by atoms with Gasteiger partial charge in [-0.25, -0.2) is 9.60 Å². The van der Waals surface area contributed by atoms with Gasteiger partial charge in [0.25, 0.3) is 0 Å². The lowest BCUT2D eigenvalue weighted by atomic mass is 10.2. The van der Waals surface area contributed by atoms with Crippen molar-refractivity contribution in [2.75, 3.05) is 21.1 Å². The van der Waals surface area contributed by atoms with E-state index in [9.17, 15) is 9.90 Å². The fraction of sp³-hybridized carbons (Fsp3) is 0.364. The molecule has 0 bridgehead atoms. The van der Waals surface area contributed by atoms with Crippen LogP contribution in [0.4, 0.5) is 4.79 Å². The van der Waals surface area contributed by atoms with Gasteiger partial charge in [0.05, 0.1) is 27.7 Å². The monoisotopic (exact) mass is 208 g/mol. The number of carboxylic acid groups (broad SMARTS) is 1. The standard InChI is InChI=1S/C11H16N2O2/c1-13(2,3)12(11(14)15)9-10-7-5-4-6-8-10/h4-8H,9H2,1-3H3. The van der Waals surface area contributed by atoms with Gasteiger partial charge in [-0.3, -0.25) is 0 Å². The second-order valence-electron chi connectivity index (χ2n) is 4.25. The maximum Gasteiger partial charge on any atom is 0.189 e. The number of nitrogens with zero attached hydrogens (tertiary/aromatic N) is 2. The van der Waals surface area contributed by atoms with Crippen molar-refractivity contribution in [3.63, 3.8) is 0 Å². The Morgan fingerprint density at radius 1 is 1.27 bits per heavy atom. The van der Waals surface area contributed by atoms with Crippen molar-refractivity contribution in [3.05, 3.63) is 35.9 Å². The summed E-state index contributed by atoms with van der Waals surface area (Å²) in [7, 11) is 5.37. The van der Waals surface area contributed by atoms with Crippen LogP contribution in [0, 0.1) is 0 Å². The van der Waals surface area contributed by atoms with Crippen molar-refractivity contribution in [2.24, 2.45) is 0 Å². The lowest BCUT2D eigenvalue weighted by molar-refractivity contribution is -0.979. The minimum Gasteiger partial charge on any atom is -0.526 e. The highest BCUT2D eigenvalue weighted by atomic mass is 16.4. The molecule has 0 fully saturated rings. The normalized spacial score (nSPS) is 11.1. The summed E-state index contributed by atoms with van der Waals surface area (Å²) in [5, 5.41) is 12.2. The first-order valence-electron chi connectivity index (χ1n) is 4.75. The highest BCUT2D eigenvalue weighted by molar-refractivity contribution is 5.60. The van der Waals surface area contributed by atoms with Crippen LogP contribution in [0.3, 0.4) is 0 Å². The zero-order valence-corrected chi connectivity index (χ0v) is 9.30. The number of benzene rings is 1. The largest absolute Gasteiger partial charge is 0.526 e. The Hall–Kier alpha value is -1.55. The van der Waals surface area contributed by atoms with Crippen molar-refractivity contribution < 1.29 is 14.5 Å². The van der Waals surface area contributed by atoms with E-state index in [2.05, 4.69) is 0 Å². The van der Waals surface area contributed by atoms with Crippen LogP contribution in [0.2, 0.25) is 0 Å². The third-order valence-electron chi connectivity index (χ3n) is 2.11. The van der Waals surface area contributed by atoms with Crippen LogP contribution in [0.5, 0.6) is 0 Å². The first-order valence-corrected chi connectivity index (χ1v) is 4.75. The van der Waals surface area contributed by atoms with E-state index in [0.29, 0.717) is 6.54 Å². The summed E-state index contributed by atoms with van der Waals surface area (Å²) in [5.41, 5.74) is 0.953. The lowest BCUT2D eigenvalue weighted by Gasteiger charge is -2.38. The van der Waals surface area contributed by atoms with E-state index in [1.807, 2.05) is 30.3 Å². The molecular weight excluding hydrogens is 192 g/mol. The Labute approximate surface area is 89.9 Å². The number of amides is 1. The molecule has 4 nitrogen and oxygen atoms in total. The van der Waals surface area contributed by atoms with Crippen molar-refractivity contribution in [2.45, 2.75) is 6.54 Å². The molecule has 0 aliphatic rings. The van der Waals surface area contributed by atoms with E-state index in [1.54, 1.807) is 21.1 Å². The van der Waals surface area contributed by atoms with Gasteiger partial charge in [-0.15, -0.1) is 0 Å². The second kappa shape index (κ2) is 4.31. The van der Waals surface area contributed by atoms with Crippen molar-refractivity contribution in [1.29, 1.82) is 0 Å². The number of carbonyl (C=O) groups is 1. The number of hydrogen-bond donors (Lipinski definition) is 0. The lowest BCUT2D eigenvalue weighted by Crippen LogP contribution is -2.58. The van der Waals surface area contributed by atoms with Crippen molar-refractivity contribution in [1.82, 2.24) is 5.01 Å². The highest BCUT2D eigenvalue weighted by Crippen LogP contribution is 2.08. The fourth-order valence-electron chi connectivity index (χ4n) is 1.28.